The molecule has 2 aromatic rings. The quantitative estimate of drug-likeness (QED) is 0.224. The second kappa shape index (κ2) is 11.6. The smallest absolute Gasteiger partial charge is 0.460 e. The van der Waals surface area contributed by atoms with Crippen LogP contribution in [0.2, 0.25) is 0 Å². The van der Waals surface area contributed by atoms with Gasteiger partial charge in [0.2, 0.25) is 0 Å². The number of phenolic OH excluding ortho intramolecular Hbond substituents is 1. The lowest BCUT2D eigenvalue weighted by Crippen LogP contribution is -2.74. The Morgan fingerprint density at radius 1 is 0.614 bits per heavy atom. The molecule has 44 heavy (non-hydrogen) atoms. The summed E-state index contributed by atoms with van der Waals surface area (Å²) in [6.45, 7) is 2.95. The van der Waals surface area contributed by atoms with E-state index in [1.165, 1.54) is 56.3 Å². The van der Waals surface area contributed by atoms with Gasteiger partial charge >= 0.3 is 47.6 Å². The molecule has 19 heteroatoms. The normalized spacial score (nSPS) is 15.4. The highest BCUT2D eigenvalue weighted by molar-refractivity contribution is 7.99. The number of alkyl halides is 17. The van der Waals surface area contributed by atoms with Gasteiger partial charge in [-0.2, -0.15) is 74.6 Å². The molecule has 0 aromatic heterocycles. The Morgan fingerprint density at radius 2 is 1.05 bits per heavy atom. The van der Waals surface area contributed by atoms with E-state index in [1.807, 2.05) is 0 Å². The van der Waals surface area contributed by atoms with Gasteiger partial charge in [0, 0.05) is 17.7 Å². The van der Waals surface area contributed by atoms with Crippen molar-refractivity contribution in [1.82, 2.24) is 0 Å². The van der Waals surface area contributed by atoms with Gasteiger partial charge in [0.05, 0.1) is 5.25 Å². The summed E-state index contributed by atoms with van der Waals surface area (Å²) in [4.78, 5) is 0. The van der Waals surface area contributed by atoms with Crippen LogP contribution in [0, 0.1) is 13.8 Å². The minimum Gasteiger partial charge on any atom is -0.507 e. The lowest BCUT2D eigenvalue weighted by atomic mass is 9.88. The van der Waals surface area contributed by atoms with Gasteiger partial charge in [-0.1, -0.05) is 48.0 Å². The molecule has 1 unspecified atom stereocenters. The highest BCUT2D eigenvalue weighted by atomic mass is 32.2. The van der Waals surface area contributed by atoms with Crippen molar-refractivity contribution in [3.05, 3.63) is 64.7 Å². The standard InChI is InChI=1S/C25H19F17OS/c1-12-10-13(2)16(43)15(11-12)17(14-6-4-3-5-7-14)44-9-8-18(26,27)19(28,29)20(30,31)21(32,33)22(34,35)23(36,37)24(38,39)25(40,41)42/h3-7,10-11,17,43H,8-9H2,1-2H3. The summed E-state index contributed by atoms with van der Waals surface area (Å²) < 4.78 is 230. The van der Waals surface area contributed by atoms with Crippen molar-refractivity contribution in [1.29, 1.82) is 0 Å². The van der Waals surface area contributed by atoms with Crippen LogP contribution in [0.4, 0.5) is 74.6 Å². The minimum atomic E-state index is -8.66. The number of thioether (sulfide) groups is 1. The van der Waals surface area contributed by atoms with E-state index < -0.39 is 70.8 Å². The van der Waals surface area contributed by atoms with Crippen molar-refractivity contribution in [3.8, 4) is 5.75 Å². The van der Waals surface area contributed by atoms with Crippen LogP contribution in [0.25, 0.3) is 0 Å². The minimum absolute atomic E-state index is 0.0156. The molecule has 0 bridgehead atoms. The Labute approximate surface area is 241 Å². The summed E-state index contributed by atoms with van der Waals surface area (Å²) in [5.41, 5.74) is 0.925. The van der Waals surface area contributed by atoms with Gasteiger partial charge in [-0.15, -0.1) is 11.8 Å². The lowest BCUT2D eigenvalue weighted by Gasteiger charge is -2.42. The van der Waals surface area contributed by atoms with Crippen LogP contribution in [0.1, 0.15) is 33.9 Å². The zero-order valence-electron chi connectivity index (χ0n) is 21.8. The summed E-state index contributed by atoms with van der Waals surface area (Å²) in [5, 5.41) is 9.24. The Kier molecular flexibility index (Phi) is 9.94. The second-order valence-corrected chi connectivity index (χ2v) is 10.8. The van der Waals surface area contributed by atoms with Gasteiger partial charge < -0.3 is 5.11 Å². The van der Waals surface area contributed by atoms with Gasteiger partial charge in [-0.05, 0) is 25.0 Å². The maximum Gasteiger partial charge on any atom is 0.460 e. The fraction of sp³-hybridized carbons (Fsp3) is 0.520. The Hall–Kier alpha value is -2.60. The second-order valence-electron chi connectivity index (χ2n) is 9.58. The first-order chi connectivity index (χ1) is 19.5. The predicted octanol–water partition coefficient (Wildman–Crippen LogP) is 10.2. The molecule has 0 saturated carbocycles. The van der Waals surface area contributed by atoms with E-state index >= 15 is 0 Å². The molecular weight excluding hydrogens is 671 g/mol. The van der Waals surface area contributed by atoms with Crippen LogP contribution in [0.3, 0.4) is 0 Å². The predicted molar refractivity (Wildman–Crippen MR) is 124 cm³/mol. The molecule has 0 heterocycles. The Balaban J connectivity index is 2.46. The van der Waals surface area contributed by atoms with Crippen molar-refractivity contribution in [2.45, 2.75) is 73.2 Å². The third kappa shape index (κ3) is 5.88. The molecule has 0 aliphatic heterocycles. The number of phenols is 1. The van der Waals surface area contributed by atoms with Crippen LogP contribution in [0.5, 0.6) is 5.75 Å². The monoisotopic (exact) mass is 690 g/mol. The van der Waals surface area contributed by atoms with E-state index in [1.54, 1.807) is 0 Å². The highest BCUT2D eigenvalue weighted by Gasteiger charge is 2.95. The Bertz CT molecular complexity index is 1310. The average molecular weight is 690 g/mol. The zero-order chi connectivity index (χ0) is 34.5. The molecule has 0 fully saturated rings. The van der Waals surface area contributed by atoms with E-state index in [0.29, 0.717) is 5.56 Å². The van der Waals surface area contributed by atoms with E-state index in [9.17, 15) is 79.7 Å². The average Bonchev–Trinajstić information content (AvgIpc) is 2.88. The number of benzene rings is 2. The molecule has 2 rings (SSSR count). The molecule has 0 spiro atoms. The highest BCUT2D eigenvalue weighted by Crippen LogP contribution is 2.64. The largest absolute Gasteiger partial charge is 0.507 e. The summed E-state index contributed by atoms with van der Waals surface area (Å²) in [6.07, 6.45) is -10.4. The van der Waals surface area contributed by atoms with Crippen molar-refractivity contribution in [2.75, 3.05) is 5.75 Å². The van der Waals surface area contributed by atoms with Crippen LogP contribution >= 0.6 is 11.8 Å². The van der Waals surface area contributed by atoms with Crippen molar-refractivity contribution in [2.24, 2.45) is 0 Å². The molecule has 250 valence electrons. The van der Waals surface area contributed by atoms with Crippen molar-refractivity contribution in [3.63, 3.8) is 0 Å². The molecule has 0 radical (unpaired) electrons. The molecule has 2 aromatic carbocycles. The van der Waals surface area contributed by atoms with E-state index in [-0.39, 0.29) is 28.5 Å². The number of rotatable bonds is 12. The fourth-order valence-electron chi connectivity index (χ4n) is 3.84. The molecule has 1 atom stereocenters. The van der Waals surface area contributed by atoms with Crippen molar-refractivity contribution < 1.29 is 79.7 Å². The molecule has 0 aliphatic carbocycles. The van der Waals surface area contributed by atoms with Crippen LogP contribution in [-0.2, 0) is 0 Å². The van der Waals surface area contributed by atoms with Crippen LogP contribution in [-0.4, -0.2) is 58.5 Å². The lowest BCUT2D eigenvalue weighted by molar-refractivity contribution is -0.461. The topological polar surface area (TPSA) is 20.2 Å². The summed E-state index contributed by atoms with van der Waals surface area (Å²) >= 11 is 0.238. The van der Waals surface area contributed by atoms with Gasteiger partial charge in [0.1, 0.15) is 5.75 Å². The SMILES string of the molecule is Cc1cc(C)c(O)c(C(SCCC(F)(F)C(F)(F)C(F)(F)C(F)(F)C(F)(F)C(F)(F)C(F)(F)C(F)(F)F)c2ccccc2)c1. The molecular formula is C25H19F17OS. The first-order valence-electron chi connectivity index (χ1n) is 11.7. The van der Waals surface area contributed by atoms with Gasteiger partial charge in [0.25, 0.3) is 0 Å². The first kappa shape index (κ1) is 37.6. The Morgan fingerprint density at radius 3 is 1.50 bits per heavy atom. The first-order valence-corrected chi connectivity index (χ1v) is 12.8. The zero-order valence-corrected chi connectivity index (χ0v) is 22.6. The van der Waals surface area contributed by atoms with Crippen molar-refractivity contribution >= 4 is 11.8 Å². The summed E-state index contributed by atoms with van der Waals surface area (Å²) in [7, 11) is 0. The van der Waals surface area contributed by atoms with E-state index in [4.69, 9.17) is 0 Å². The van der Waals surface area contributed by atoms with Gasteiger partial charge in [-0.3, -0.25) is 0 Å². The molecule has 1 nitrogen and oxygen atoms in total. The van der Waals surface area contributed by atoms with Crippen LogP contribution < -0.4 is 0 Å². The molecule has 0 amide bonds. The molecule has 1 N–H and O–H groups in total. The number of hydrogen-bond donors (Lipinski definition) is 1. The maximum atomic E-state index is 14.4. The van der Waals surface area contributed by atoms with Gasteiger partial charge in [-0.25, -0.2) is 0 Å². The number of aromatic hydroxyl groups is 1. The van der Waals surface area contributed by atoms with E-state index in [0.717, 1.165) is 0 Å². The number of halogens is 17. The maximum absolute atomic E-state index is 14.4. The number of hydrogen-bond acceptors (Lipinski definition) is 2. The molecule has 0 aliphatic rings. The third-order valence-electron chi connectivity index (χ3n) is 6.35. The summed E-state index contributed by atoms with van der Waals surface area (Å²) in [5.74, 6) is -58.3. The van der Waals surface area contributed by atoms with E-state index in [2.05, 4.69) is 0 Å². The molecule has 0 saturated heterocycles. The third-order valence-corrected chi connectivity index (χ3v) is 7.65. The fourth-order valence-corrected chi connectivity index (χ4v) is 5.16. The number of aryl methyl sites for hydroxylation is 2. The van der Waals surface area contributed by atoms with Crippen LogP contribution in [0.15, 0.2) is 42.5 Å². The van der Waals surface area contributed by atoms with Gasteiger partial charge in [0.15, 0.2) is 0 Å². The summed E-state index contributed by atoms with van der Waals surface area (Å²) in [6, 6.07) is 9.82.